The van der Waals surface area contributed by atoms with Gasteiger partial charge in [0.25, 0.3) is 0 Å². The second-order valence-corrected chi connectivity index (χ2v) is 5.14. The number of carboxylic acid groups (broad SMARTS) is 1. The Kier molecular flexibility index (Phi) is 5.82. The van der Waals surface area contributed by atoms with Gasteiger partial charge >= 0.3 is 18.2 Å². The third-order valence-corrected chi connectivity index (χ3v) is 3.49. The zero-order valence-electron chi connectivity index (χ0n) is 11.4. The van der Waals surface area contributed by atoms with E-state index in [-0.39, 0.29) is 12.8 Å². The fourth-order valence-corrected chi connectivity index (χ4v) is 2.42. The molecule has 0 aliphatic heterocycles. The summed E-state index contributed by atoms with van der Waals surface area (Å²) in [6.45, 7) is -2.68. The van der Waals surface area contributed by atoms with E-state index in [1.165, 1.54) is 0 Å². The number of hydrogen-bond donors (Lipinski definition) is 3. The van der Waals surface area contributed by atoms with Crippen LogP contribution in [0.4, 0.5) is 18.0 Å². The summed E-state index contributed by atoms with van der Waals surface area (Å²) in [7, 11) is 0. The van der Waals surface area contributed by atoms with Crippen molar-refractivity contribution in [1.82, 2.24) is 10.2 Å². The lowest BCUT2D eigenvalue weighted by Crippen LogP contribution is -2.59. The Balaban J connectivity index is 2.80. The number of aliphatic hydroxyl groups is 1. The maximum Gasteiger partial charge on any atom is 0.406 e. The molecule has 0 aromatic rings. The van der Waals surface area contributed by atoms with Gasteiger partial charge in [-0.15, -0.1) is 0 Å². The molecule has 0 radical (unpaired) electrons. The molecule has 1 aliphatic carbocycles. The topological polar surface area (TPSA) is 89.9 Å². The molecule has 3 N–H and O–H groups in total. The maximum atomic E-state index is 12.4. The highest BCUT2D eigenvalue weighted by Gasteiger charge is 2.43. The average molecular weight is 312 g/mol. The second kappa shape index (κ2) is 6.97. The van der Waals surface area contributed by atoms with E-state index in [9.17, 15) is 27.9 Å². The SMILES string of the molecule is O=C(NC1(C(=O)O)CCCCC1)N(CCO)CC(F)(F)F. The van der Waals surface area contributed by atoms with E-state index >= 15 is 0 Å². The summed E-state index contributed by atoms with van der Waals surface area (Å²) in [5, 5.41) is 20.2. The molecule has 1 saturated carbocycles. The summed E-state index contributed by atoms with van der Waals surface area (Å²) in [6.07, 6.45) is -2.24. The van der Waals surface area contributed by atoms with E-state index < -0.39 is 43.4 Å². The van der Waals surface area contributed by atoms with Crippen LogP contribution in [0.1, 0.15) is 32.1 Å². The van der Waals surface area contributed by atoms with Gasteiger partial charge in [0.05, 0.1) is 6.61 Å². The number of nitrogens with one attached hydrogen (secondary N) is 1. The lowest BCUT2D eigenvalue weighted by molar-refractivity contribution is -0.146. The molecule has 1 rings (SSSR count). The molecule has 0 bridgehead atoms. The summed E-state index contributed by atoms with van der Waals surface area (Å²) in [5.74, 6) is -1.24. The van der Waals surface area contributed by atoms with Gasteiger partial charge in [0.2, 0.25) is 0 Å². The van der Waals surface area contributed by atoms with Crippen molar-refractivity contribution in [2.45, 2.75) is 43.8 Å². The Morgan fingerprint density at radius 3 is 2.19 bits per heavy atom. The molecule has 0 unspecified atom stereocenters. The highest BCUT2D eigenvalue weighted by molar-refractivity contribution is 5.86. The lowest BCUT2D eigenvalue weighted by atomic mass is 9.82. The van der Waals surface area contributed by atoms with E-state index in [0.717, 1.165) is 6.42 Å². The average Bonchev–Trinajstić information content (AvgIpc) is 2.37. The predicted octanol–water partition coefficient (Wildman–Crippen LogP) is 1.34. The largest absolute Gasteiger partial charge is 0.480 e. The third kappa shape index (κ3) is 5.07. The van der Waals surface area contributed by atoms with Crippen LogP contribution < -0.4 is 5.32 Å². The van der Waals surface area contributed by atoms with Gasteiger partial charge < -0.3 is 20.4 Å². The van der Waals surface area contributed by atoms with Gasteiger partial charge in [-0.3, -0.25) is 0 Å². The van der Waals surface area contributed by atoms with Crippen molar-refractivity contribution >= 4 is 12.0 Å². The van der Waals surface area contributed by atoms with E-state index in [1.807, 2.05) is 0 Å². The first kappa shape index (κ1) is 17.5. The normalized spacial score (nSPS) is 18.1. The van der Waals surface area contributed by atoms with Gasteiger partial charge in [0, 0.05) is 6.54 Å². The molecule has 1 aliphatic rings. The number of rotatable bonds is 5. The lowest BCUT2D eigenvalue weighted by Gasteiger charge is -2.36. The Morgan fingerprint density at radius 2 is 1.76 bits per heavy atom. The zero-order chi connectivity index (χ0) is 16.1. The number of amides is 2. The van der Waals surface area contributed by atoms with Crippen LogP contribution in [0, 0.1) is 0 Å². The Labute approximate surface area is 119 Å². The number of carbonyl (C=O) groups is 2. The molecule has 122 valence electrons. The number of halogens is 3. The summed E-state index contributed by atoms with van der Waals surface area (Å²) in [6, 6.07) is -1.12. The number of alkyl halides is 3. The quantitative estimate of drug-likeness (QED) is 0.714. The predicted molar refractivity (Wildman–Crippen MR) is 66.7 cm³/mol. The van der Waals surface area contributed by atoms with Crippen LogP contribution in [0.25, 0.3) is 0 Å². The first-order chi connectivity index (χ1) is 9.70. The van der Waals surface area contributed by atoms with Crippen molar-refractivity contribution in [2.75, 3.05) is 19.7 Å². The number of hydrogen-bond acceptors (Lipinski definition) is 3. The van der Waals surface area contributed by atoms with Crippen LogP contribution in [0.3, 0.4) is 0 Å². The van der Waals surface area contributed by atoms with Gasteiger partial charge in [-0.1, -0.05) is 19.3 Å². The minimum absolute atomic E-state index is 0.188. The number of nitrogens with zero attached hydrogens (tertiary/aromatic N) is 1. The second-order valence-electron chi connectivity index (χ2n) is 5.14. The minimum atomic E-state index is -4.62. The molecule has 0 heterocycles. The van der Waals surface area contributed by atoms with E-state index in [4.69, 9.17) is 5.11 Å². The standard InChI is InChI=1S/C12H19F3N2O4/c13-12(14,15)8-17(6-7-18)10(21)16-11(9(19)20)4-2-1-3-5-11/h18H,1-8H2,(H,16,21)(H,19,20). The molecule has 0 saturated heterocycles. The molecule has 9 heteroatoms. The minimum Gasteiger partial charge on any atom is -0.480 e. The van der Waals surface area contributed by atoms with Crippen LogP contribution in [0.2, 0.25) is 0 Å². The van der Waals surface area contributed by atoms with Crippen LogP contribution in [-0.4, -0.2) is 58.5 Å². The van der Waals surface area contributed by atoms with E-state index in [0.29, 0.717) is 17.7 Å². The van der Waals surface area contributed by atoms with Gasteiger partial charge in [-0.05, 0) is 12.8 Å². The van der Waals surface area contributed by atoms with Gasteiger partial charge in [0.1, 0.15) is 12.1 Å². The Morgan fingerprint density at radius 1 is 1.19 bits per heavy atom. The molecule has 21 heavy (non-hydrogen) atoms. The van der Waals surface area contributed by atoms with Crippen molar-refractivity contribution in [3.05, 3.63) is 0 Å². The fourth-order valence-electron chi connectivity index (χ4n) is 2.42. The summed E-state index contributed by atoms with van der Waals surface area (Å²) >= 11 is 0. The Bertz CT molecular complexity index is 381. The highest BCUT2D eigenvalue weighted by atomic mass is 19.4. The summed E-state index contributed by atoms with van der Waals surface area (Å²) < 4.78 is 37.2. The molecule has 1 fully saturated rings. The van der Waals surface area contributed by atoms with Crippen molar-refractivity contribution in [3.63, 3.8) is 0 Å². The number of aliphatic hydroxyl groups excluding tert-OH is 1. The van der Waals surface area contributed by atoms with Crippen molar-refractivity contribution in [3.8, 4) is 0 Å². The monoisotopic (exact) mass is 312 g/mol. The molecule has 0 aromatic carbocycles. The van der Waals surface area contributed by atoms with Gasteiger partial charge in [-0.2, -0.15) is 13.2 Å². The number of urea groups is 1. The van der Waals surface area contributed by atoms with Crippen LogP contribution in [0.15, 0.2) is 0 Å². The van der Waals surface area contributed by atoms with E-state index in [2.05, 4.69) is 5.32 Å². The van der Waals surface area contributed by atoms with Crippen LogP contribution in [0.5, 0.6) is 0 Å². The molecular formula is C12H19F3N2O4. The molecule has 6 nitrogen and oxygen atoms in total. The van der Waals surface area contributed by atoms with Crippen molar-refractivity contribution in [1.29, 1.82) is 0 Å². The van der Waals surface area contributed by atoms with Crippen LogP contribution in [-0.2, 0) is 4.79 Å². The van der Waals surface area contributed by atoms with E-state index in [1.54, 1.807) is 0 Å². The molecule has 0 spiro atoms. The van der Waals surface area contributed by atoms with Gasteiger partial charge in [0.15, 0.2) is 0 Å². The third-order valence-electron chi connectivity index (χ3n) is 3.49. The highest BCUT2D eigenvalue weighted by Crippen LogP contribution is 2.29. The van der Waals surface area contributed by atoms with Crippen molar-refractivity contribution in [2.24, 2.45) is 0 Å². The van der Waals surface area contributed by atoms with Crippen LogP contribution >= 0.6 is 0 Å². The molecule has 0 atom stereocenters. The molecular weight excluding hydrogens is 293 g/mol. The summed E-state index contributed by atoms with van der Waals surface area (Å²) in [4.78, 5) is 23.7. The number of aliphatic carboxylic acids is 1. The zero-order valence-corrected chi connectivity index (χ0v) is 11.4. The fraction of sp³-hybridized carbons (Fsp3) is 0.833. The number of carbonyl (C=O) groups excluding carboxylic acids is 1. The summed E-state index contributed by atoms with van der Waals surface area (Å²) in [5.41, 5.74) is -1.52. The Hall–Kier alpha value is -1.51. The molecule has 2 amide bonds. The van der Waals surface area contributed by atoms with Crippen molar-refractivity contribution < 1.29 is 33.0 Å². The first-order valence-electron chi connectivity index (χ1n) is 6.68. The number of carboxylic acids is 1. The first-order valence-corrected chi connectivity index (χ1v) is 6.68. The smallest absolute Gasteiger partial charge is 0.406 e. The molecule has 0 aromatic heterocycles. The maximum absolute atomic E-state index is 12.4. The van der Waals surface area contributed by atoms with Gasteiger partial charge in [-0.25, -0.2) is 9.59 Å².